The first-order chi connectivity index (χ1) is 10.0. The molecule has 1 aliphatic rings. The Hall–Kier alpha value is -1.59. The first-order valence-electron chi connectivity index (χ1n) is 7.09. The van der Waals surface area contributed by atoms with Gasteiger partial charge in [0.25, 0.3) is 0 Å². The smallest absolute Gasteiger partial charge is 0.215 e. The van der Waals surface area contributed by atoms with Gasteiger partial charge in [-0.2, -0.15) is 0 Å². The Balaban J connectivity index is 1.96. The molecule has 1 saturated carbocycles. The Morgan fingerprint density at radius 2 is 1.95 bits per heavy atom. The summed E-state index contributed by atoms with van der Waals surface area (Å²) in [4.78, 5) is 0. The Morgan fingerprint density at radius 1 is 1.24 bits per heavy atom. The van der Waals surface area contributed by atoms with Crippen molar-refractivity contribution in [2.75, 3.05) is 7.11 Å². The van der Waals surface area contributed by atoms with E-state index in [0.29, 0.717) is 0 Å². The lowest BCUT2D eigenvalue weighted by atomic mass is 10.0. The van der Waals surface area contributed by atoms with E-state index >= 15 is 0 Å². The maximum atomic E-state index is 12.1. The van der Waals surface area contributed by atoms with Crippen molar-refractivity contribution in [2.24, 2.45) is 0 Å². The summed E-state index contributed by atoms with van der Waals surface area (Å²) in [7, 11) is -1.57. The highest BCUT2D eigenvalue weighted by atomic mass is 32.2. The normalized spacial score (nSPS) is 16.9. The third-order valence-electron chi connectivity index (χ3n) is 3.87. The molecule has 1 N–H and O–H groups in total. The van der Waals surface area contributed by atoms with Crippen molar-refractivity contribution < 1.29 is 13.2 Å². The summed E-state index contributed by atoms with van der Waals surface area (Å²) in [5.41, 5.74) is 0.912. The predicted molar refractivity (Wildman–Crippen MR) is 84.0 cm³/mol. The highest BCUT2D eigenvalue weighted by Crippen LogP contribution is 2.32. The highest BCUT2D eigenvalue weighted by Gasteiger charge is 2.36. The number of hydrogen-bond donors (Lipinski definition) is 1. The van der Waals surface area contributed by atoms with E-state index in [0.717, 1.165) is 34.9 Å². The predicted octanol–water partition coefficient (Wildman–Crippen LogP) is 2.99. The first kappa shape index (κ1) is 14.4. The monoisotopic (exact) mass is 305 g/mol. The number of nitrogens with one attached hydrogen (secondary N) is 1. The number of fused-ring (bicyclic) bond motifs is 1. The molecule has 1 unspecified atom stereocenters. The molecule has 4 nitrogen and oxygen atoms in total. The second-order valence-electron chi connectivity index (χ2n) is 5.53. The van der Waals surface area contributed by atoms with Crippen molar-refractivity contribution in [3.05, 3.63) is 42.0 Å². The zero-order chi connectivity index (χ0) is 15.0. The first-order valence-corrected chi connectivity index (χ1v) is 8.64. The minimum absolute atomic E-state index is 0.206. The molecular weight excluding hydrogens is 286 g/mol. The summed E-state index contributed by atoms with van der Waals surface area (Å²) in [5.74, 6) is 0.764. The third kappa shape index (κ3) is 2.89. The Bertz CT molecular complexity index is 766. The fourth-order valence-corrected chi connectivity index (χ4v) is 4.08. The average Bonchev–Trinajstić information content (AvgIpc) is 3.30. The van der Waals surface area contributed by atoms with Crippen LogP contribution in [0.5, 0.6) is 5.75 Å². The number of hydrogen-bond acceptors (Lipinski definition) is 3. The van der Waals surface area contributed by atoms with Gasteiger partial charge in [0.2, 0.25) is 10.0 Å². The molecule has 0 radical (unpaired) electrons. The van der Waals surface area contributed by atoms with Crippen LogP contribution in [0.2, 0.25) is 0 Å². The van der Waals surface area contributed by atoms with Gasteiger partial charge in [-0.15, -0.1) is 0 Å². The number of rotatable bonds is 5. The van der Waals surface area contributed by atoms with Crippen LogP contribution in [-0.2, 0) is 10.0 Å². The lowest BCUT2D eigenvalue weighted by molar-refractivity contribution is 0.419. The zero-order valence-corrected chi connectivity index (χ0v) is 13.0. The van der Waals surface area contributed by atoms with Crippen molar-refractivity contribution in [3.63, 3.8) is 0 Å². The topological polar surface area (TPSA) is 55.4 Å². The molecule has 0 spiro atoms. The highest BCUT2D eigenvalue weighted by molar-refractivity contribution is 7.90. The summed E-state index contributed by atoms with van der Waals surface area (Å²) >= 11 is 0. The molecule has 112 valence electrons. The molecule has 2 aromatic carbocycles. The van der Waals surface area contributed by atoms with Crippen LogP contribution in [0.4, 0.5) is 0 Å². The second kappa shape index (κ2) is 5.31. The summed E-state index contributed by atoms with van der Waals surface area (Å²) in [6, 6.07) is 11.6. The van der Waals surface area contributed by atoms with E-state index in [1.807, 2.05) is 43.3 Å². The van der Waals surface area contributed by atoms with Gasteiger partial charge >= 0.3 is 0 Å². The van der Waals surface area contributed by atoms with E-state index in [1.165, 1.54) is 0 Å². The van der Waals surface area contributed by atoms with Gasteiger partial charge in [-0.1, -0.05) is 24.3 Å². The van der Waals surface area contributed by atoms with Crippen LogP contribution in [0.25, 0.3) is 10.8 Å². The van der Waals surface area contributed by atoms with Crippen LogP contribution in [0.15, 0.2) is 36.4 Å². The molecule has 1 fully saturated rings. The molecular formula is C16H19NO3S. The fraction of sp³-hybridized carbons (Fsp3) is 0.375. The van der Waals surface area contributed by atoms with Gasteiger partial charge in [0, 0.05) is 11.4 Å². The molecule has 0 bridgehead atoms. The van der Waals surface area contributed by atoms with Crippen molar-refractivity contribution >= 4 is 20.8 Å². The largest absolute Gasteiger partial charge is 0.496 e. The maximum absolute atomic E-state index is 12.1. The van der Waals surface area contributed by atoms with Gasteiger partial charge in [-0.3, -0.25) is 0 Å². The van der Waals surface area contributed by atoms with Crippen LogP contribution in [0, 0.1) is 0 Å². The molecule has 0 aliphatic heterocycles. The van der Waals surface area contributed by atoms with Crippen molar-refractivity contribution in [3.8, 4) is 5.75 Å². The van der Waals surface area contributed by atoms with E-state index in [4.69, 9.17) is 4.74 Å². The Morgan fingerprint density at radius 3 is 2.62 bits per heavy atom. The van der Waals surface area contributed by atoms with Gasteiger partial charge in [0.1, 0.15) is 5.75 Å². The third-order valence-corrected chi connectivity index (χ3v) is 5.90. The number of sulfonamides is 1. The van der Waals surface area contributed by atoms with Crippen LogP contribution < -0.4 is 9.46 Å². The van der Waals surface area contributed by atoms with Crippen LogP contribution in [-0.4, -0.2) is 20.8 Å². The molecule has 0 amide bonds. The van der Waals surface area contributed by atoms with Gasteiger partial charge in [0.05, 0.1) is 12.4 Å². The summed E-state index contributed by atoms with van der Waals surface area (Å²) < 4.78 is 32.3. The van der Waals surface area contributed by atoms with E-state index in [2.05, 4.69) is 4.72 Å². The standard InChI is InChI=1S/C16H19NO3S/c1-11(17-21(18,19)14-7-8-14)13-9-12-5-3-4-6-15(12)16(10-13)20-2/h3-6,9-11,14,17H,7-8H2,1-2H3. The molecule has 0 heterocycles. The van der Waals surface area contributed by atoms with Gasteiger partial charge in [0.15, 0.2) is 0 Å². The number of benzene rings is 2. The van der Waals surface area contributed by atoms with Crippen molar-refractivity contribution in [2.45, 2.75) is 31.1 Å². The zero-order valence-electron chi connectivity index (χ0n) is 12.2. The Kier molecular flexibility index (Phi) is 3.63. The van der Waals surface area contributed by atoms with Gasteiger partial charge < -0.3 is 4.74 Å². The quantitative estimate of drug-likeness (QED) is 0.924. The maximum Gasteiger partial charge on any atom is 0.215 e. The molecule has 1 atom stereocenters. The van der Waals surface area contributed by atoms with E-state index < -0.39 is 10.0 Å². The number of ether oxygens (including phenoxy) is 1. The van der Waals surface area contributed by atoms with E-state index in [9.17, 15) is 8.42 Å². The van der Waals surface area contributed by atoms with Gasteiger partial charge in [-0.25, -0.2) is 13.1 Å². The molecule has 0 aromatic heterocycles. The van der Waals surface area contributed by atoms with Crippen molar-refractivity contribution in [1.29, 1.82) is 0 Å². The van der Waals surface area contributed by atoms with Crippen LogP contribution in [0.1, 0.15) is 31.4 Å². The average molecular weight is 305 g/mol. The van der Waals surface area contributed by atoms with Crippen molar-refractivity contribution in [1.82, 2.24) is 4.72 Å². The Labute approximate surface area is 125 Å². The van der Waals surface area contributed by atoms with Gasteiger partial charge in [-0.05, 0) is 42.8 Å². The second-order valence-corrected chi connectivity index (χ2v) is 7.52. The van der Waals surface area contributed by atoms with E-state index in [-0.39, 0.29) is 11.3 Å². The lowest BCUT2D eigenvalue weighted by Crippen LogP contribution is -2.29. The minimum atomic E-state index is -3.20. The number of methoxy groups -OCH3 is 1. The van der Waals surface area contributed by atoms with Crippen LogP contribution >= 0.6 is 0 Å². The summed E-state index contributed by atoms with van der Waals surface area (Å²) in [5, 5.41) is 1.87. The molecule has 21 heavy (non-hydrogen) atoms. The fourth-order valence-electron chi connectivity index (χ4n) is 2.51. The minimum Gasteiger partial charge on any atom is -0.496 e. The summed E-state index contributed by atoms with van der Waals surface area (Å²) in [6.07, 6.45) is 1.53. The molecule has 1 aliphatic carbocycles. The molecule has 3 rings (SSSR count). The molecule has 5 heteroatoms. The summed E-state index contributed by atoms with van der Waals surface area (Å²) in [6.45, 7) is 1.86. The van der Waals surface area contributed by atoms with Crippen LogP contribution in [0.3, 0.4) is 0 Å². The van der Waals surface area contributed by atoms with E-state index in [1.54, 1.807) is 7.11 Å². The SMILES string of the molecule is COc1cc(C(C)NS(=O)(=O)C2CC2)cc2ccccc12. The molecule has 0 saturated heterocycles. The lowest BCUT2D eigenvalue weighted by Gasteiger charge is -2.16. The molecule has 2 aromatic rings.